The van der Waals surface area contributed by atoms with Crippen LogP contribution in [0.5, 0.6) is 5.75 Å². The topological polar surface area (TPSA) is 80.3 Å². The molecule has 0 bridgehead atoms. The molecule has 0 aliphatic carbocycles. The molecule has 0 radical (unpaired) electrons. The SMILES string of the molecule is O=C(CCc1ccc(OC(F)F)cc1)Nc1nc(-c2ccc3c(c2)CCC(=O)N3)cs1. The molecular formula is C22H19F2N3O3S. The Morgan fingerprint density at radius 2 is 2.00 bits per heavy atom. The van der Waals surface area contributed by atoms with Gasteiger partial charge in [-0.2, -0.15) is 8.78 Å². The molecule has 0 fully saturated rings. The van der Waals surface area contributed by atoms with Crippen LogP contribution in [0.1, 0.15) is 24.0 Å². The number of carbonyl (C=O) groups excluding carboxylic acids is 2. The van der Waals surface area contributed by atoms with Crippen LogP contribution in [0.25, 0.3) is 11.3 Å². The summed E-state index contributed by atoms with van der Waals surface area (Å²) >= 11 is 1.34. The quantitative estimate of drug-likeness (QED) is 0.546. The highest BCUT2D eigenvalue weighted by Crippen LogP contribution is 2.30. The van der Waals surface area contributed by atoms with E-state index >= 15 is 0 Å². The number of hydrogen-bond acceptors (Lipinski definition) is 5. The first kappa shape index (κ1) is 20.9. The van der Waals surface area contributed by atoms with E-state index in [1.807, 2.05) is 23.6 Å². The summed E-state index contributed by atoms with van der Waals surface area (Å²) in [5.74, 6) is -0.0682. The van der Waals surface area contributed by atoms with E-state index in [4.69, 9.17) is 0 Å². The van der Waals surface area contributed by atoms with Crippen molar-refractivity contribution in [3.63, 3.8) is 0 Å². The third-order valence-electron chi connectivity index (χ3n) is 4.84. The molecule has 3 aromatic rings. The summed E-state index contributed by atoms with van der Waals surface area (Å²) < 4.78 is 28.7. The molecule has 31 heavy (non-hydrogen) atoms. The lowest BCUT2D eigenvalue weighted by Gasteiger charge is -2.17. The monoisotopic (exact) mass is 443 g/mol. The van der Waals surface area contributed by atoms with Crippen molar-refractivity contribution in [1.29, 1.82) is 0 Å². The largest absolute Gasteiger partial charge is 0.435 e. The zero-order chi connectivity index (χ0) is 21.8. The predicted octanol–water partition coefficient (Wildman–Crippen LogP) is 4.87. The first-order valence-corrected chi connectivity index (χ1v) is 10.6. The van der Waals surface area contributed by atoms with Gasteiger partial charge in [0.15, 0.2) is 5.13 Å². The molecule has 9 heteroatoms. The Morgan fingerprint density at radius 1 is 1.19 bits per heavy atom. The number of benzene rings is 2. The number of anilines is 2. The second-order valence-electron chi connectivity index (χ2n) is 7.03. The molecule has 160 valence electrons. The number of hydrogen-bond donors (Lipinski definition) is 2. The molecule has 0 saturated heterocycles. The summed E-state index contributed by atoms with van der Waals surface area (Å²) in [5, 5.41) is 8.03. The minimum atomic E-state index is -2.86. The van der Waals surface area contributed by atoms with Crippen LogP contribution >= 0.6 is 11.3 Å². The Bertz CT molecular complexity index is 1100. The van der Waals surface area contributed by atoms with Crippen molar-refractivity contribution in [3.8, 4) is 17.0 Å². The van der Waals surface area contributed by atoms with Gasteiger partial charge in [-0.3, -0.25) is 9.59 Å². The van der Waals surface area contributed by atoms with Crippen LogP contribution in [0.3, 0.4) is 0 Å². The summed E-state index contributed by atoms with van der Waals surface area (Å²) in [6, 6.07) is 12.0. The van der Waals surface area contributed by atoms with Gasteiger partial charge in [-0.25, -0.2) is 4.98 Å². The van der Waals surface area contributed by atoms with Crippen LogP contribution in [0.4, 0.5) is 19.6 Å². The van der Waals surface area contributed by atoms with Crippen LogP contribution in [-0.4, -0.2) is 23.4 Å². The first-order chi connectivity index (χ1) is 15.0. The van der Waals surface area contributed by atoms with Gasteiger partial charge >= 0.3 is 6.61 Å². The maximum absolute atomic E-state index is 12.3. The third-order valence-corrected chi connectivity index (χ3v) is 5.59. The highest BCUT2D eigenvalue weighted by Gasteiger charge is 2.16. The van der Waals surface area contributed by atoms with Crippen molar-refractivity contribution < 1.29 is 23.1 Å². The number of thiazole rings is 1. The van der Waals surface area contributed by atoms with Crippen molar-refractivity contribution in [2.45, 2.75) is 32.3 Å². The van der Waals surface area contributed by atoms with Gasteiger partial charge in [-0.1, -0.05) is 18.2 Å². The summed E-state index contributed by atoms with van der Waals surface area (Å²) in [5.41, 5.74) is 4.43. The standard InChI is InChI=1S/C22H19F2N3O3S/c23-21(24)30-16-6-1-13(2-7-16)3-9-20(29)27-22-26-18(12-31-22)15-4-8-17-14(11-15)5-10-19(28)25-17/h1-2,4,6-8,11-12,21H,3,5,9-10H2,(H,25,28)(H,26,27,29). The summed E-state index contributed by atoms with van der Waals surface area (Å²) in [6.45, 7) is -2.86. The molecule has 2 amide bonds. The fraction of sp³-hybridized carbons (Fsp3) is 0.227. The van der Waals surface area contributed by atoms with Crippen molar-refractivity contribution in [2.75, 3.05) is 10.6 Å². The first-order valence-electron chi connectivity index (χ1n) is 9.68. The van der Waals surface area contributed by atoms with Crippen LogP contribution in [0.2, 0.25) is 0 Å². The number of nitrogens with one attached hydrogen (secondary N) is 2. The number of nitrogens with zero attached hydrogens (tertiary/aromatic N) is 1. The minimum Gasteiger partial charge on any atom is -0.435 e. The zero-order valence-corrected chi connectivity index (χ0v) is 17.2. The van der Waals surface area contributed by atoms with E-state index in [0.717, 1.165) is 28.1 Å². The molecule has 6 nitrogen and oxygen atoms in total. The van der Waals surface area contributed by atoms with Gasteiger partial charge in [0.2, 0.25) is 11.8 Å². The molecule has 1 aliphatic heterocycles. The summed E-state index contributed by atoms with van der Waals surface area (Å²) in [4.78, 5) is 28.2. The highest BCUT2D eigenvalue weighted by molar-refractivity contribution is 7.14. The molecule has 2 N–H and O–H groups in total. The average Bonchev–Trinajstić information content (AvgIpc) is 3.21. The van der Waals surface area contributed by atoms with Gasteiger partial charge in [-0.05, 0) is 48.2 Å². The van der Waals surface area contributed by atoms with Gasteiger partial charge in [0.05, 0.1) is 5.69 Å². The number of halogens is 2. The molecule has 1 aromatic heterocycles. The molecule has 4 rings (SSSR count). The van der Waals surface area contributed by atoms with E-state index < -0.39 is 6.61 Å². The third kappa shape index (κ3) is 5.43. The predicted molar refractivity (Wildman–Crippen MR) is 115 cm³/mol. The summed E-state index contributed by atoms with van der Waals surface area (Å²) in [6.07, 6.45) is 1.87. The van der Waals surface area contributed by atoms with Crippen molar-refractivity contribution in [2.24, 2.45) is 0 Å². The second kappa shape index (κ2) is 9.22. The molecule has 1 aliphatic rings. The molecule has 0 unspecified atom stereocenters. The van der Waals surface area contributed by atoms with Crippen LogP contribution < -0.4 is 15.4 Å². The van der Waals surface area contributed by atoms with E-state index in [-0.39, 0.29) is 24.0 Å². The van der Waals surface area contributed by atoms with Gasteiger partial charge in [-0.15, -0.1) is 11.3 Å². The second-order valence-corrected chi connectivity index (χ2v) is 7.89. The van der Waals surface area contributed by atoms with Gasteiger partial charge in [0.25, 0.3) is 0 Å². The average molecular weight is 443 g/mol. The number of aryl methyl sites for hydroxylation is 2. The molecule has 0 spiro atoms. The van der Waals surface area contributed by atoms with Crippen LogP contribution in [0, 0.1) is 0 Å². The number of carbonyl (C=O) groups is 2. The van der Waals surface area contributed by atoms with E-state index in [0.29, 0.717) is 24.4 Å². The Kier molecular flexibility index (Phi) is 6.22. The Morgan fingerprint density at radius 3 is 2.77 bits per heavy atom. The fourth-order valence-corrected chi connectivity index (χ4v) is 4.02. The normalized spacial score (nSPS) is 12.9. The lowest BCUT2D eigenvalue weighted by molar-refractivity contribution is -0.117. The number of rotatable bonds is 7. The van der Waals surface area contributed by atoms with Crippen LogP contribution in [0.15, 0.2) is 47.8 Å². The Balaban J connectivity index is 1.32. The lowest BCUT2D eigenvalue weighted by Crippen LogP contribution is -2.18. The molecule has 0 atom stereocenters. The van der Waals surface area contributed by atoms with E-state index in [1.165, 1.54) is 23.5 Å². The Labute approximate surface area is 181 Å². The minimum absolute atomic E-state index is 0.0244. The summed E-state index contributed by atoms with van der Waals surface area (Å²) in [7, 11) is 0. The molecular weight excluding hydrogens is 424 g/mol. The molecule has 0 saturated carbocycles. The number of amides is 2. The van der Waals surface area contributed by atoms with Gasteiger partial charge < -0.3 is 15.4 Å². The maximum atomic E-state index is 12.3. The van der Waals surface area contributed by atoms with E-state index in [9.17, 15) is 18.4 Å². The van der Waals surface area contributed by atoms with Crippen LogP contribution in [-0.2, 0) is 22.4 Å². The van der Waals surface area contributed by atoms with Crippen molar-refractivity contribution in [1.82, 2.24) is 4.98 Å². The van der Waals surface area contributed by atoms with E-state index in [2.05, 4.69) is 20.4 Å². The van der Waals surface area contributed by atoms with Crippen molar-refractivity contribution >= 4 is 34.0 Å². The highest BCUT2D eigenvalue weighted by atomic mass is 32.1. The van der Waals surface area contributed by atoms with Gasteiger partial charge in [0, 0.05) is 29.5 Å². The van der Waals surface area contributed by atoms with E-state index in [1.54, 1.807) is 12.1 Å². The fourth-order valence-electron chi connectivity index (χ4n) is 3.28. The number of alkyl halides is 2. The number of fused-ring (bicyclic) bond motifs is 1. The number of aromatic nitrogens is 1. The number of ether oxygens (including phenoxy) is 1. The lowest BCUT2D eigenvalue weighted by atomic mass is 9.99. The smallest absolute Gasteiger partial charge is 0.387 e. The zero-order valence-electron chi connectivity index (χ0n) is 16.4. The Hall–Kier alpha value is -3.33. The molecule has 2 aromatic carbocycles. The maximum Gasteiger partial charge on any atom is 0.387 e. The molecule has 2 heterocycles. The van der Waals surface area contributed by atoms with Gasteiger partial charge in [0.1, 0.15) is 5.75 Å². The van der Waals surface area contributed by atoms with Crippen molar-refractivity contribution in [3.05, 3.63) is 59.0 Å².